The smallest absolute Gasteiger partial charge is 0.241 e. The minimum atomic E-state index is -0.615. The van der Waals surface area contributed by atoms with E-state index in [1.54, 1.807) is 6.20 Å². The van der Waals surface area contributed by atoms with Gasteiger partial charge >= 0.3 is 0 Å². The molecule has 0 radical (unpaired) electrons. The molecule has 0 aliphatic carbocycles. The summed E-state index contributed by atoms with van der Waals surface area (Å²) in [6.45, 7) is 9.97. The molecule has 0 spiro atoms. The number of fused-ring (bicyclic) bond motifs is 1. The Hall–Kier alpha value is -2.91. The van der Waals surface area contributed by atoms with Crippen molar-refractivity contribution in [1.29, 1.82) is 0 Å². The number of hydrogen-bond acceptors (Lipinski definition) is 5. The molecule has 1 aromatic carbocycles. The lowest BCUT2D eigenvalue weighted by Crippen LogP contribution is -2.60. The first-order valence-corrected chi connectivity index (χ1v) is 13.1. The van der Waals surface area contributed by atoms with Crippen LogP contribution in [-0.4, -0.2) is 78.0 Å². The van der Waals surface area contributed by atoms with Crippen LogP contribution >= 0.6 is 0 Å². The number of pyridine rings is 1. The first-order valence-electron chi connectivity index (χ1n) is 13.1. The number of piperazine rings is 1. The third kappa shape index (κ3) is 5.73. The highest BCUT2D eigenvalue weighted by atomic mass is 19.1. The second-order valence-electron chi connectivity index (χ2n) is 11.3. The van der Waals surface area contributed by atoms with Crippen LogP contribution < -0.4 is 10.2 Å². The van der Waals surface area contributed by atoms with Crippen LogP contribution in [0.15, 0.2) is 30.5 Å². The number of halogens is 2. The molecular formula is C29H39F2N5O2. The van der Waals surface area contributed by atoms with Crippen molar-refractivity contribution in [2.75, 3.05) is 44.2 Å². The quantitative estimate of drug-likeness (QED) is 0.623. The Balaban J connectivity index is 0.00000336. The number of rotatable bonds is 6. The molecule has 2 fully saturated rings. The molecular weight excluding hydrogens is 488 g/mol. The number of carbonyl (C=O) groups excluding carboxylic acids is 2. The van der Waals surface area contributed by atoms with Gasteiger partial charge in [-0.2, -0.15) is 0 Å². The number of nitrogens with one attached hydrogen (secondary N) is 1. The van der Waals surface area contributed by atoms with Crippen molar-refractivity contribution in [3.05, 3.63) is 58.9 Å². The van der Waals surface area contributed by atoms with Crippen LogP contribution in [0.5, 0.6) is 0 Å². The van der Waals surface area contributed by atoms with E-state index < -0.39 is 11.6 Å². The Morgan fingerprint density at radius 1 is 1.24 bits per heavy atom. The van der Waals surface area contributed by atoms with Crippen LogP contribution in [0.4, 0.5) is 14.5 Å². The highest BCUT2D eigenvalue weighted by Gasteiger charge is 2.40. The molecule has 2 aromatic rings. The number of aromatic nitrogens is 1. The van der Waals surface area contributed by atoms with Gasteiger partial charge in [-0.25, -0.2) is 8.78 Å². The van der Waals surface area contributed by atoms with E-state index in [2.05, 4.69) is 36.0 Å². The number of benzene rings is 1. The van der Waals surface area contributed by atoms with Gasteiger partial charge in [-0.3, -0.25) is 19.5 Å². The molecule has 3 aliphatic heterocycles. The average molecular weight is 528 g/mol. The van der Waals surface area contributed by atoms with Crippen LogP contribution in [0.25, 0.3) is 0 Å². The Morgan fingerprint density at radius 2 is 2.03 bits per heavy atom. The number of anilines is 1. The zero-order valence-corrected chi connectivity index (χ0v) is 21.8. The van der Waals surface area contributed by atoms with Crippen molar-refractivity contribution in [2.45, 2.75) is 65.0 Å². The third-order valence-corrected chi connectivity index (χ3v) is 7.87. The van der Waals surface area contributed by atoms with Crippen molar-refractivity contribution in [3.8, 4) is 0 Å². The largest absolute Gasteiger partial charge is 0.341 e. The third-order valence-electron chi connectivity index (χ3n) is 7.87. The topological polar surface area (TPSA) is 68.8 Å². The molecule has 0 bridgehead atoms. The lowest BCUT2D eigenvalue weighted by atomic mass is 9.88. The van der Waals surface area contributed by atoms with E-state index in [1.165, 1.54) is 12.1 Å². The van der Waals surface area contributed by atoms with Crippen molar-refractivity contribution >= 4 is 17.5 Å². The molecule has 0 saturated carbocycles. The zero-order valence-electron chi connectivity index (χ0n) is 21.8. The monoisotopic (exact) mass is 527 g/mol. The predicted molar refractivity (Wildman–Crippen MR) is 144 cm³/mol. The molecule has 5 rings (SSSR count). The zero-order chi connectivity index (χ0) is 26.3. The molecule has 38 heavy (non-hydrogen) atoms. The molecule has 206 valence electrons. The van der Waals surface area contributed by atoms with Gasteiger partial charge < -0.3 is 15.1 Å². The molecule has 2 amide bonds. The van der Waals surface area contributed by atoms with Crippen LogP contribution in [0, 0.1) is 11.6 Å². The first kappa shape index (κ1) is 28.1. The summed E-state index contributed by atoms with van der Waals surface area (Å²) in [4.78, 5) is 36.5. The fourth-order valence-electron chi connectivity index (χ4n) is 5.79. The molecule has 3 aliphatic rings. The van der Waals surface area contributed by atoms with Crippen molar-refractivity contribution < 1.29 is 18.4 Å². The lowest BCUT2D eigenvalue weighted by Gasteiger charge is -2.41. The normalized spacial score (nSPS) is 22.9. The van der Waals surface area contributed by atoms with Gasteiger partial charge in [0.1, 0.15) is 11.6 Å². The summed E-state index contributed by atoms with van der Waals surface area (Å²) >= 11 is 0. The van der Waals surface area contributed by atoms with Gasteiger partial charge in [0.25, 0.3) is 0 Å². The van der Waals surface area contributed by atoms with Crippen LogP contribution in [0.2, 0.25) is 0 Å². The summed E-state index contributed by atoms with van der Waals surface area (Å²) in [6, 6.07) is 5.75. The number of carbonyl (C=O) groups is 2. The summed E-state index contributed by atoms with van der Waals surface area (Å²) in [6.07, 6.45) is 3.50. The molecule has 2 saturated heterocycles. The van der Waals surface area contributed by atoms with Crippen molar-refractivity contribution in [1.82, 2.24) is 20.1 Å². The van der Waals surface area contributed by atoms with E-state index in [4.69, 9.17) is 0 Å². The summed E-state index contributed by atoms with van der Waals surface area (Å²) in [5, 5.41) is 3.49. The van der Waals surface area contributed by atoms with Crippen LogP contribution in [0.3, 0.4) is 0 Å². The van der Waals surface area contributed by atoms with E-state index in [0.717, 1.165) is 43.4 Å². The fraction of sp³-hybridized carbons (Fsp3) is 0.552. The maximum atomic E-state index is 14.3. The molecule has 9 heteroatoms. The molecule has 2 atom stereocenters. The van der Waals surface area contributed by atoms with Crippen LogP contribution in [0.1, 0.15) is 57.9 Å². The number of nitrogens with zero attached hydrogens (tertiary/aromatic N) is 4. The maximum absolute atomic E-state index is 14.3. The Morgan fingerprint density at radius 3 is 2.74 bits per heavy atom. The fourth-order valence-corrected chi connectivity index (χ4v) is 5.79. The summed E-state index contributed by atoms with van der Waals surface area (Å²) in [5.41, 5.74) is 2.50. The second-order valence-corrected chi connectivity index (χ2v) is 11.3. The van der Waals surface area contributed by atoms with Gasteiger partial charge in [0, 0.05) is 86.6 Å². The van der Waals surface area contributed by atoms with E-state index in [-0.39, 0.29) is 49.7 Å². The minimum absolute atomic E-state index is 0. The summed E-state index contributed by atoms with van der Waals surface area (Å²) in [7, 11) is 0. The number of amides is 2. The first-order chi connectivity index (χ1) is 17.6. The van der Waals surface area contributed by atoms with E-state index in [9.17, 15) is 18.4 Å². The summed E-state index contributed by atoms with van der Waals surface area (Å²) < 4.78 is 27.6. The average Bonchev–Trinajstić information content (AvgIpc) is 3.36. The van der Waals surface area contributed by atoms with E-state index >= 15 is 0 Å². The van der Waals surface area contributed by atoms with E-state index in [0.29, 0.717) is 30.8 Å². The highest BCUT2D eigenvalue weighted by molar-refractivity contribution is 5.97. The summed E-state index contributed by atoms with van der Waals surface area (Å²) in [5.74, 6) is -1.02. The molecule has 0 unspecified atom stereocenters. The Kier molecular flexibility index (Phi) is 8.18. The highest BCUT2D eigenvalue weighted by Crippen LogP contribution is 2.40. The molecule has 1 N–H and O–H groups in total. The minimum Gasteiger partial charge on any atom is -0.341 e. The van der Waals surface area contributed by atoms with Crippen molar-refractivity contribution in [3.63, 3.8) is 0 Å². The van der Waals surface area contributed by atoms with Crippen molar-refractivity contribution in [2.24, 2.45) is 0 Å². The maximum Gasteiger partial charge on any atom is 0.241 e. The Bertz CT molecular complexity index is 1200. The van der Waals surface area contributed by atoms with Gasteiger partial charge in [-0.05, 0) is 31.0 Å². The molecule has 1 aromatic heterocycles. The Labute approximate surface area is 224 Å². The SMILES string of the molecule is C.C[C@@H]1CN(CC(=O)N2CC(C)(C)c3cnc(Cc4ccc(F)cc4F)cc32)[C@@H](CN2CCCC2=O)CN1. The van der Waals surface area contributed by atoms with Gasteiger partial charge in [-0.15, -0.1) is 0 Å². The molecule has 7 nitrogen and oxygen atoms in total. The van der Waals surface area contributed by atoms with Gasteiger partial charge in [0.05, 0.1) is 12.2 Å². The lowest BCUT2D eigenvalue weighted by molar-refractivity contribution is -0.128. The van der Waals surface area contributed by atoms with Gasteiger partial charge in [0.15, 0.2) is 0 Å². The van der Waals surface area contributed by atoms with E-state index in [1.807, 2.05) is 15.9 Å². The van der Waals surface area contributed by atoms with Crippen LogP contribution in [-0.2, 0) is 21.4 Å². The molecule has 4 heterocycles. The second kappa shape index (κ2) is 11.1. The van der Waals surface area contributed by atoms with Gasteiger partial charge in [-0.1, -0.05) is 27.3 Å². The standard InChI is InChI=1S/C28H35F2N5O2.CH4/c1-18-14-34(22(12-31-18)15-33-8-4-5-26(33)36)16-27(37)35-17-28(2,3)23-13-32-21(11-25(23)35)9-19-6-7-20(29)10-24(19)30;/h6-7,10-11,13,18,22,31H,4-5,8-9,12,14-17H2,1-3H3;1H4/t18-,22-;/m1./s1. The number of hydrogen-bond donors (Lipinski definition) is 1. The number of likely N-dealkylation sites (tertiary alicyclic amines) is 1. The van der Waals surface area contributed by atoms with Gasteiger partial charge in [0.2, 0.25) is 11.8 Å². The predicted octanol–water partition coefficient (Wildman–Crippen LogP) is 3.50.